The number of nitrogens with one attached hydrogen (secondary N) is 1. The van der Waals surface area contributed by atoms with Gasteiger partial charge in [-0.1, -0.05) is 24.3 Å². The molecule has 0 saturated carbocycles. The molecule has 25 heavy (non-hydrogen) atoms. The highest BCUT2D eigenvalue weighted by atomic mass is 15.2. The van der Waals surface area contributed by atoms with E-state index in [2.05, 4.69) is 53.5 Å². The Bertz CT molecular complexity index is 836. The normalized spacial score (nSPS) is 17.3. The monoisotopic (exact) mass is 332 g/mol. The molecule has 1 aliphatic rings. The second-order valence-electron chi connectivity index (χ2n) is 6.76. The Morgan fingerprint density at radius 3 is 2.80 bits per heavy atom. The van der Waals surface area contributed by atoms with Gasteiger partial charge in [-0.15, -0.1) is 0 Å². The van der Waals surface area contributed by atoms with Crippen molar-refractivity contribution in [1.29, 1.82) is 0 Å². The Kier molecular flexibility index (Phi) is 4.72. The first kappa shape index (κ1) is 16.2. The molecule has 128 valence electrons. The maximum atomic E-state index is 4.75. The topological polar surface area (TPSA) is 41.1 Å². The SMILES string of the molecule is Cc1ccc(C(c2cnc3ccccc3c2)N2CCCNCC2)nc1. The molecule has 1 fully saturated rings. The number of nitrogens with zero attached hydrogens (tertiary/aromatic N) is 3. The molecule has 1 aromatic carbocycles. The van der Waals surface area contributed by atoms with Crippen molar-refractivity contribution >= 4 is 10.9 Å². The van der Waals surface area contributed by atoms with Crippen LogP contribution in [-0.4, -0.2) is 41.0 Å². The van der Waals surface area contributed by atoms with Gasteiger partial charge >= 0.3 is 0 Å². The summed E-state index contributed by atoms with van der Waals surface area (Å²) in [5.74, 6) is 0. The van der Waals surface area contributed by atoms with Crippen molar-refractivity contribution in [3.05, 3.63) is 71.7 Å². The first-order chi connectivity index (χ1) is 12.3. The minimum atomic E-state index is 0.151. The van der Waals surface area contributed by atoms with Crippen LogP contribution >= 0.6 is 0 Å². The largest absolute Gasteiger partial charge is 0.315 e. The van der Waals surface area contributed by atoms with E-state index in [1.807, 2.05) is 18.5 Å². The van der Waals surface area contributed by atoms with E-state index in [1.165, 1.54) is 16.5 Å². The number of aryl methyl sites for hydroxylation is 1. The summed E-state index contributed by atoms with van der Waals surface area (Å²) in [6.45, 7) is 6.27. The highest BCUT2D eigenvalue weighted by molar-refractivity contribution is 5.78. The number of pyridine rings is 2. The Balaban J connectivity index is 1.78. The molecule has 4 nitrogen and oxygen atoms in total. The van der Waals surface area contributed by atoms with Crippen molar-refractivity contribution in [1.82, 2.24) is 20.2 Å². The Hall–Kier alpha value is -2.30. The first-order valence-corrected chi connectivity index (χ1v) is 9.03. The molecule has 3 heterocycles. The molecule has 0 aliphatic carbocycles. The first-order valence-electron chi connectivity index (χ1n) is 9.03. The molecule has 4 rings (SSSR count). The standard InChI is InChI=1S/C21H24N4/c1-16-7-8-20(23-14-16)21(25-11-4-9-22-10-12-25)18-13-17-5-2-3-6-19(17)24-15-18/h2-3,5-8,13-15,21-22H,4,9-12H2,1H3. The fraction of sp³-hybridized carbons (Fsp3) is 0.333. The minimum Gasteiger partial charge on any atom is -0.315 e. The zero-order chi connectivity index (χ0) is 17.1. The lowest BCUT2D eigenvalue weighted by atomic mass is 10.0. The summed E-state index contributed by atoms with van der Waals surface area (Å²) >= 11 is 0. The molecule has 4 heteroatoms. The Morgan fingerprint density at radius 1 is 1.00 bits per heavy atom. The molecule has 0 amide bonds. The van der Waals surface area contributed by atoms with Crippen LogP contribution in [0.2, 0.25) is 0 Å². The number of benzene rings is 1. The molecule has 1 atom stereocenters. The molecule has 1 saturated heterocycles. The fourth-order valence-electron chi connectivity index (χ4n) is 3.57. The van der Waals surface area contributed by atoms with Crippen molar-refractivity contribution in [2.45, 2.75) is 19.4 Å². The van der Waals surface area contributed by atoms with Crippen LogP contribution in [0.1, 0.15) is 29.3 Å². The van der Waals surface area contributed by atoms with Crippen molar-refractivity contribution in [3.63, 3.8) is 0 Å². The summed E-state index contributed by atoms with van der Waals surface area (Å²) in [5.41, 5.74) is 4.55. The van der Waals surface area contributed by atoms with Crippen LogP contribution in [0.3, 0.4) is 0 Å². The lowest BCUT2D eigenvalue weighted by Crippen LogP contribution is -2.33. The van der Waals surface area contributed by atoms with E-state index in [-0.39, 0.29) is 6.04 Å². The van der Waals surface area contributed by atoms with E-state index >= 15 is 0 Å². The third-order valence-electron chi connectivity index (χ3n) is 4.88. The molecule has 0 bridgehead atoms. The van der Waals surface area contributed by atoms with Crippen molar-refractivity contribution in [2.24, 2.45) is 0 Å². The second kappa shape index (κ2) is 7.30. The van der Waals surface area contributed by atoms with Gasteiger partial charge in [-0.25, -0.2) is 0 Å². The average molecular weight is 332 g/mol. The van der Waals surface area contributed by atoms with Crippen molar-refractivity contribution in [3.8, 4) is 0 Å². The molecular weight excluding hydrogens is 308 g/mol. The van der Waals surface area contributed by atoms with Gasteiger partial charge in [0.25, 0.3) is 0 Å². The van der Waals surface area contributed by atoms with Gasteiger partial charge in [0.1, 0.15) is 0 Å². The van der Waals surface area contributed by atoms with Gasteiger partial charge < -0.3 is 5.32 Å². The summed E-state index contributed by atoms with van der Waals surface area (Å²) in [7, 11) is 0. The Morgan fingerprint density at radius 2 is 1.92 bits per heavy atom. The summed E-state index contributed by atoms with van der Waals surface area (Å²) in [6, 6.07) is 15.0. The van der Waals surface area contributed by atoms with Gasteiger partial charge in [-0.3, -0.25) is 14.9 Å². The predicted octanol–water partition coefficient (Wildman–Crippen LogP) is 3.32. The Labute approximate surface area is 148 Å². The highest BCUT2D eigenvalue weighted by Gasteiger charge is 2.24. The van der Waals surface area contributed by atoms with Crippen LogP contribution in [0.4, 0.5) is 0 Å². The number of fused-ring (bicyclic) bond motifs is 1. The molecule has 1 unspecified atom stereocenters. The summed E-state index contributed by atoms with van der Waals surface area (Å²) in [6.07, 6.45) is 5.14. The molecule has 0 radical (unpaired) electrons. The van der Waals surface area contributed by atoms with Gasteiger partial charge in [0.15, 0.2) is 0 Å². The van der Waals surface area contributed by atoms with E-state index in [0.29, 0.717) is 0 Å². The van der Waals surface area contributed by atoms with Crippen LogP contribution in [0.15, 0.2) is 54.9 Å². The maximum absolute atomic E-state index is 4.75. The maximum Gasteiger partial charge on any atom is 0.0792 e. The van der Waals surface area contributed by atoms with Crippen LogP contribution in [0, 0.1) is 6.92 Å². The van der Waals surface area contributed by atoms with E-state index in [0.717, 1.165) is 43.8 Å². The van der Waals surface area contributed by atoms with Crippen LogP contribution in [0.5, 0.6) is 0 Å². The smallest absolute Gasteiger partial charge is 0.0792 e. The molecular formula is C21H24N4. The van der Waals surface area contributed by atoms with E-state index < -0.39 is 0 Å². The number of para-hydroxylation sites is 1. The molecule has 3 aromatic rings. The number of hydrogen-bond donors (Lipinski definition) is 1. The number of aromatic nitrogens is 2. The van der Waals surface area contributed by atoms with Gasteiger partial charge in [-0.05, 0) is 49.2 Å². The van der Waals surface area contributed by atoms with Crippen LogP contribution < -0.4 is 5.32 Å². The summed E-state index contributed by atoms with van der Waals surface area (Å²) in [5, 5.41) is 4.68. The van der Waals surface area contributed by atoms with Gasteiger partial charge in [0.2, 0.25) is 0 Å². The quantitative estimate of drug-likeness (QED) is 0.799. The van der Waals surface area contributed by atoms with E-state index in [9.17, 15) is 0 Å². The number of rotatable bonds is 3. The van der Waals surface area contributed by atoms with Gasteiger partial charge in [0, 0.05) is 37.4 Å². The summed E-state index contributed by atoms with van der Waals surface area (Å²) < 4.78 is 0. The number of hydrogen-bond acceptors (Lipinski definition) is 4. The van der Waals surface area contributed by atoms with Crippen LogP contribution in [-0.2, 0) is 0 Å². The third-order valence-corrected chi connectivity index (χ3v) is 4.88. The lowest BCUT2D eigenvalue weighted by molar-refractivity contribution is 0.237. The predicted molar refractivity (Wildman–Crippen MR) is 102 cm³/mol. The second-order valence-corrected chi connectivity index (χ2v) is 6.76. The van der Waals surface area contributed by atoms with Gasteiger partial charge in [-0.2, -0.15) is 0 Å². The zero-order valence-corrected chi connectivity index (χ0v) is 14.7. The molecule has 1 N–H and O–H groups in total. The van der Waals surface area contributed by atoms with Gasteiger partial charge in [0.05, 0.1) is 17.3 Å². The lowest BCUT2D eigenvalue weighted by Gasteiger charge is -2.30. The highest BCUT2D eigenvalue weighted by Crippen LogP contribution is 2.29. The van der Waals surface area contributed by atoms with Crippen molar-refractivity contribution in [2.75, 3.05) is 26.2 Å². The van der Waals surface area contributed by atoms with Crippen molar-refractivity contribution < 1.29 is 0 Å². The van der Waals surface area contributed by atoms with E-state index in [4.69, 9.17) is 9.97 Å². The van der Waals surface area contributed by atoms with E-state index in [1.54, 1.807) is 0 Å². The molecule has 2 aromatic heterocycles. The average Bonchev–Trinajstić information content (AvgIpc) is 2.93. The minimum absolute atomic E-state index is 0.151. The summed E-state index contributed by atoms with van der Waals surface area (Å²) in [4.78, 5) is 12.0. The fourth-order valence-corrected chi connectivity index (χ4v) is 3.57. The molecule has 1 aliphatic heterocycles. The van der Waals surface area contributed by atoms with Crippen LogP contribution in [0.25, 0.3) is 10.9 Å². The third kappa shape index (κ3) is 3.55. The molecule has 0 spiro atoms. The zero-order valence-electron chi connectivity index (χ0n) is 14.7.